The van der Waals surface area contributed by atoms with Crippen LogP contribution in [0.4, 0.5) is 11.4 Å². The summed E-state index contributed by atoms with van der Waals surface area (Å²) in [6.45, 7) is 8.34. The van der Waals surface area contributed by atoms with Gasteiger partial charge in [0.1, 0.15) is 5.69 Å². The fourth-order valence-electron chi connectivity index (χ4n) is 2.86. The molecule has 6 nitrogen and oxygen atoms in total. The summed E-state index contributed by atoms with van der Waals surface area (Å²) in [5, 5.41) is 2.99. The van der Waals surface area contributed by atoms with E-state index in [0.29, 0.717) is 37.6 Å². The first-order chi connectivity index (χ1) is 11.2. The predicted octanol–water partition coefficient (Wildman–Crippen LogP) is 3.18. The van der Waals surface area contributed by atoms with Crippen LogP contribution in [-0.4, -0.2) is 50.2 Å². The van der Waals surface area contributed by atoms with E-state index < -0.39 is 0 Å². The van der Waals surface area contributed by atoms with E-state index >= 15 is 0 Å². The van der Waals surface area contributed by atoms with E-state index in [0.717, 1.165) is 31.6 Å². The van der Waals surface area contributed by atoms with Gasteiger partial charge in [0.05, 0.1) is 18.8 Å². The molecule has 126 valence electrons. The van der Waals surface area contributed by atoms with Gasteiger partial charge in [-0.1, -0.05) is 13.8 Å². The topological polar surface area (TPSA) is 62.2 Å². The van der Waals surface area contributed by atoms with Gasteiger partial charge in [-0.2, -0.15) is 0 Å². The van der Waals surface area contributed by atoms with Crippen LogP contribution in [0.5, 0.6) is 0 Å². The van der Waals surface area contributed by atoms with Crippen LogP contribution in [0.25, 0.3) is 0 Å². The number of nitroso groups, excluding NO2 is 1. The lowest BCUT2D eigenvalue weighted by Gasteiger charge is -2.31. The lowest BCUT2D eigenvalue weighted by molar-refractivity contribution is 0.0755. The second-order valence-electron chi connectivity index (χ2n) is 5.68. The monoisotopic (exact) mass is 319 g/mol. The van der Waals surface area contributed by atoms with Crippen LogP contribution in [0.3, 0.4) is 0 Å². The second kappa shape index (κ2) is 8.62. The van der Waals surface area contributed by atoms with Crippen LogP contribution < -0.4 is 4.90 Å². The maximum Gasteiger partial charge on any atom is 0.256 e. The molecule has 1 aromatic rings. The Balaban J connectivity index is 2.35. The summed E-state index contributed by atoms with van der Waals surface area (Å²) in [6, 6.07) is 5.10. The fraction of sp³-hybridized carbons (Fsp3) is 0.588. The van der Waals surface area contributed by atoms with E-state index in [4.69, 9.17) is 4.74 Å². The lowest BCUT2D eigenvalue weighted by Crippen LogP contribution is -2.39. The number of hydrogen-bond acceptors (Lipinski definition) is 5. The van der Waals surface area contributed by atoms with Gasteiger partial charge in [-0.15, -0.1) is 4.91 Å². The lowest BCUT2D eigenvalue weighted by atomic mass is 10.1. The highest BCUT2D eigenvalue weighted by Gasteiger charge is 2.23. The molecule has 0 radical (unpaired) electrons. The van der Waals surface area contributed by atoms with Gasteiger partial charge in [0.2, 0.25) is 0 Å². The summed E-state index contributed by atoms with van der Waals surface area (Å²) < 4.78 is 5.39. The van der Waals surface area contributed by atoms with Crippen molar-refractivity contribution in [3.05, 3.63) is 28.7 Å². The number of amides is 1. The van der Waals surface area contributed by atoms with Crippen LogP contribution in [-0.2, 0) is 4.74 Å². The Morgan fingerprint density at radius 1 is 1.22 bits per heavy atom. The summed E-state index contributed by atoms with van der Waals surface area (Å²) in [7, 11) is 0. The highest BCUT2D eigenvalue weighted by molar-refractivity contribution is 6.00. The molecule has 1 fully saturated rings. The number of rotatable bonds is 7. The molecule has 0 unspecified atom stereocenters. The smallest absolute Gasteiger partial charge is 0.256 e. The van der Waals surface area contributed by atoms with Crippen molar-refractivity contribution in [2.75, 3.05) is 44.3 Å². The quantitative estimate of drug-likeness (QED) is 0.724. The minimum absolute atomic E-state index is 0.0271. The van der Waals surface area contributed by atoms with Gasteiger partial charge in [-0.3, -0.25) is 4.79 Å². The normalized spacial score (nSPS) is 14.6. The first-order valence-electron chi connectivity index (χ1n) is 8.30. The van der Waals surface area contributed by atoms with Crippen molar-refractivity contribution in [2.24, 2.45) is 5.18 Å². The van der Waals surface area contributed by atoms with E-state index in [9.17, 15) is 9.70 Å². The Morgan fingerprint density at radius 3 is 2.43 bits per heavy atom. The van der Waals surface area contributed by atoms with Crippen LogP contribution in [0.15, 0.2) is 23.4 Å². The highest BCUT2D eigenvalue weighted by Crippen LogP contribution is 2.28. The number of hydrogen-bond donors (Lipinski definition) is 0. The SMILES string of the molecule is CCCN(CCC)C(=O)c1cc(N=O)ccc1N1CCOCC1. The zero-order chi connectivity index (χ0) is 16.7. The molecule has 2 rings (SSSR count). The number of ether oxygens (including phenoxy) is 1. The Hall–Kier alpha value is -1.95. The average Bonchev–Trinajstić information content (AvgIpc) is 2.61. The zero-order valence-electron chi connectivity index (χ0n) is 14.0. The van der Waals surface area contributed by atoms with Gasteiger partial charge in [0.25, 0.3) is 5.91 Å². The van der Waals surface area contributed by atoms with E-state index in [-0.39, 0.29) is 5.91 Å². The van der Waals surface area contributed by atoms with E-state index in [1.54, 1.807) is 12.1 Å². The van der Waals surface area contributed by atoms with E-state index in [1.165, 1.54) is 0 Å². The number of carbonyl (C=O) groups is 1. The number of carbonyl (C=O) groups excluding carboxylic acids is 1. The minimum atomic E-state index is -0.0271. The third-order valence-electron chi connectivity index (χ3n) is 3.94. The number of anilines is 1. The first kappa shape index (κ1) is 17.4. The van der Waals surface area contributed by atoms with Crippen LogP contribution >= 0.6 is 0 Å². The largest absolute Gasteiger partial charge is 0.378 e. The molecule has 1 heterocycles. The molecular formula is C17H25N3O3. The van der Waals surface area contributed by atoms with E-state index in [1.807, 2.05) is 11.0 Å². The van der Waals surface area contributed by atoms with Crippen molar-refractivity contribution < 1.29 is 9.53 Å². The van der Waals surface area contributed by atoms with Gasteiger partial charge in [-0.25, -0.2) is 0 Å². The van der Waals surface area contributed by atoms with E-state index in [2.05, 4.69) is 23.9 Å². The fourth-order valence-corrected chi connectivity index (χ4v) is 2.86. The van der Waals surface area contributed by atoms with Crippen molar-refractivity contribution in [1.82, 2.24) is 4.90 Å². The molecule has 6 heteroatoms. The number of nitrogens with zero attached hydrogens (tertiary/aromatic N) is 3. The van der Waals surface area contributed by atoms with Crippen molar-refractivity contribution in [1.29, 1.82) is 0 Å². The van der Waals surface area contributed by atoms with Crippen molar-refractivity contribution in [2.45, 2.75) is 26.7 Å². The molecule has 0 atom stereocenters. The Bertz CT molecular complexity index is 536. The third-order valence-corrected chi connectivity index (χ3v) is 3.94. The number of morpholine rings is 1. The highest BCUT2D eigenvalue weighted by atomic mass is 16.5. The first-order valence-corrected chi connectivity index (χ1v) is 8.30. The molecule has 1 aliphatic heterocycles. The second-order valence-corrected chi connectivity index (χ2v) is 5.68. The standard InChI is InChI=1S/C17H25N3O3/c1-3-7-20(8-4-2)17(21)15-13-14(18-22)5-6-16(15)19-9-11-23-12-10-19/h5-6,13H,3-4,7-12H2,1-2H3. The van der Waals surface area contributed by atoms with Gasteiger partial charge in [-0.05, 0) is 36.2 Å². The van der Waals surface area contributed by atoms with Gasteiger partial charge in [0.15, 0.2) is 0 Å². The molecule has 1 amide bonds. The summed E-state index contributed by atoms with van der Waals surface area (Å²) in [6.07, 6.45) is 1.81. The summed E-state index contributed by atoms with van der Waals surface area (Å²) in [4.78, 5) is 27.9. The third kappa shape index (κ3) is 4.28. The summed E-state index contributed by atoms with van der Waals surface area (Å²) >= 11 is 0. The molecule has 0 N–H and O–H groups in total. The molecule has 0 aliphatic carbocycles. The maximum absolute atomic E-state index is 13.0. The van der Waals surface area contributed by atoms with Crippen molar-refractivity contribution >= 4 is 17.3 Å². The molecule has 0 aromatic heterocycles. The molecule has 1 aliphatic rings. The van der Waals surface area contributed by atoms with Crippen molar-refractivity contribution in [3.8, 4) is 0 Å². The van der Waals surface area contributed by atoms with Crippen molar-refractivity contribution in [3.63, 3.8) is 0 Å². The zero-order valence-corrected chi connectivity index (χ0v) is 14.0. The molecule has 0 spiro atoms. The average molecular weight is 319 g/mol. The Kier molecular flexibility index (Phi) is 6.52. The molecule has 0 saturated carbocycles. The Labute approximate surface area is 137 Å². The molecule has 23 heavy (non-hydrogen) atoms. The molecular weight excluding hydrogens is 294 g/mol. The maximum atomic E-state index is 13.0. The van der Waals surface area contributed by atoms with Gasteiger partial charge in [0, 0.05) is 31.9 Å². The predicted molar refractivity (Wildman–Crippen MR) is 91.4 cm³/mol. The number of benzene rings is 1. The molecule has 0 bridgehead atoms. The van der Waals surface area contributed by atoms with Crippen LogP contribution in [0.2, 0.25) is 0 Å². The minimum Gasteiger partial charge on any atom is -0.378 e. The van der Waals surface area contributed by atoms with Crippen LogP contribution in [0.1, 0.15) is 37.0 Å². The Morgan fingerprint density at radius 2 is 1.87 bits per heavy atom. The summed E-state index contributed by atoms with van der Waals surface area (Å²) in [5.41, 5.74) is 1.71. The summed E-state index contributed by atoms with van der Waals surface area (Å²) in [5.74, 6) is -0.0271. The molecule has 1 saturated heterocycles. The molecule has 1 aromatic carbocycles. The van der Waals surface area contributed by atoms with Gasteiger partial charge >= 0.3 is 0 Å². The van der Waals surface area contributed by atoms with Crippen LogP contribution in [0, 0.1) is 4.91 Å². The van der Waals surface area contributed by atoms with Gasteiger partial charge < -0.3 is 14.5 Å².